The van der Waals surface area contributed by atoms with Crippen LogP contribution in [0.4, 0.5) is 17.1 Å². The molecular weight excluding hydrogens is 905 g/mol. The van der Waals surface area contributed by atoms with Crippen LogP contribution in [0.5, 0.6) is 0 Å². The van der Waals surface area contributed by atoms with Gasteiger partial charge in [0.05, 0.1) is 11.0 Å². The Balaban J connectivity index is 0.786. The van der Waals surface area contributed by atoms with Crippen LogP contribution in [0, 0.1) is 0 Å². The molecule has 12 aromatic carbocycles. The Morgan fingerprint density at radius 1 is 0.280 bits per heavy atom. The quantitative estimate of drug-likeness (QED) is 0.140. The van der Waals surface area contributed by atoms with Crippen molar-refractivity contribution < 1.29 is 0 Å². The third kappa shape index (κ3) is 7.73. The molecule has 0 bridgehead atoms. The lowest BCUT2D eigenvalue weighted by Crippen LogP contribution is -2.14. The molecular formula is C73H52N2. The maximum atomic E-state index is 2.41. The number of aromatic nitrogens is 1. The smallest absolute Gasteiger partial charge is 0.0541 e. The van der Waals surface area contributed by atoms with Crippen molar-refractivity contribution in [2.75, 3.05) is 4.90 Å². The van der Waals surface area contributed by atoms with Gasteiger partial charge < -0.3 is 9.47 Å². The van der Waals surface area contributed by atoms with Crippen molar-refractivity contribution >= 4 is 49.6 Å². The summed E-state index contributed by atoms with van der Waals surface area (Å²) in [5.41, 5.74) is 24.2. The molecule has 14 rings (SSSR count). The normalized spacial score (nSPS) is 12.5. The molecule has 0 saturated heterocycles. The molecule has 1 aromatic heterocycles. The summed E-state index contributed by atoms with van der Waals surface area (Å²) < 4.78 is 2.39. The second-order valence-corrected chi connectivity index (χ2v) is 20.5. The minimum absolute atomic E-state index is 0.0593. The fourth-order valence-corrected chi connectivity index (χ4v) is 11.9. The van der Waals surface area contributed by atoms with Gasteiger partial charge in [0.25, 0.3) is 0 Å². The minimum Gasteiger partial charge on any atom is -0.311 e. The molecule has 0 atom stereocenters. The summed E-state index contributed by atoms with van der Waals surface area (Å²) in [7, 11) is 0. The molecule has 0 amide bonds. The summed E-state index contributed by atoms with van der Waals surface area (Å²) in [6.07, 6.45) is 0. The predicted octanol–water partition coefficient (Wildman–Crippen LogP) is 20.0. The van der Waals surface area contributed by atoms with Crippen LogP contribution in [-0.4, -0.2) is 4.57 Å². The number of anilines is 3. The topological polar surface area (TPSA) is 8.17 Å². The third-order valence-electron chi connectivity index (χ3n) is 15.8. The Morgan fingerprint density at radius 3 is 1.31 bits per heavy atom. The first kappa shape index (κ1) is 44.2. The van der Waals surface area contributed by atoms with E-state index in [4.69, 9.17) is 0 Å². The van der Waals surface area contributed by atoms with Crippen molar-refractivity contribution in [3.8, 4) is 72.4 Å². The van der Waals surface area contributed by atoms with Crippen molar-refractivity contribution in [2.45, 2.75) is 19.3 Å². The van der Waals surface area contributed by atoms with Gasteiger partial charge in [0.2, 0.25) is 0 Å². The fourth-order valence-electron chi connectivity index (χ4n) is 11.9. The summed E-state index contributed by atoms with van der Waals surface area (Å²) in [6.45, 7) is 4.70. The largest absolute Gasteiger partial charge is 0.311 e. The van der Waals surface area contributed by atoms with Gasteiger partial charge in [0.1, 0.15) is 0 Å². The number of hydrogen-bond donors (Lipinski definition) is 0. The Morgan fingerprint density at radius 2 is 0.693 bits per heavy atom. The number of benzene rings is 12. The highest BCUT2D eigenvalue weighted by molar-refractivity contribution is 6.09. The fraction of sp³-hybridized carbons (Fsp3) is 0.0411. The van der Waals surface area contributed by atoms with Gasteiger partial charge in [-0.1, -0.05) is 214 Å². The lowest BCUT2D eigenvalue weighted by molar-refractivity contribution is 0.660. The first-order valence-electron chi connectivity index (χ1n) is 26.1. The van der Waals surface area contributed by atoms with E-state index in [1.54, 1.807) is 0 Å². The lowest BCUT2D eigenvalue weighted by atomic mass is 9.81. The van der Waals surface area contributed by atoms with Crippen LogP contribution in [-0.2, 0) is 5.41 Å². The van der Waals surface area contributed by atoms with Crippen LogP contribution in [0.1, 0.15) is 25.0 Å². The number of fused-ring (bicyclic) bond motifs is 7. The average Bonchev–Trinajstić information content (AvgIpc) is 3.93. The molecule has 13 aromatic rings. The highest BCUT2D eigenvalue weighted by Gasteiger charge is 2.35. The number of hydrogen-bond acceptors (Lipinski definition) is 1. The van der Waals surface area contributed by atoms with E-state index < -0.39 is 0 Å². The average molecular weight is 957 g/mol. The van der Waals surface area contributed by atoms with E-state index >= 15 is 0 Å². The molecule has 354 valence electrons. The summed E-state index contributed by atoms with van der Waals surface area (Å²) in [4.78, 5) is 2.37. The molecule has 0 N–H and O–H groups in total. The first-order chi connectivity index (χ1) is 36.9. The van der Waals surface area contributed by atoms with E-state index in [-0.39, 0.29) is 5.41 Å². The SMILES string of the molecule is CC1(C)c2ccccc2-c2ccc(-c3ccc(N(c4ccc(-c5ccc(-c6cccc(-c7ccc8ccccc8c7)c6)cc5)cc4)c4ccc(-c5cccc(-n6c7ccccc7c7ccccc76)c5)cc4)cc3)cc21. The van der Waals surface area contributed by atoms with Crippen molar-refractivity contribution in [3.63, 3.8) is 0 Å². The Kier molecular flexibility index (Phi) is 10.6. The van der Waals surface area contributed by atoms with Gasteiger partial charge in [-0.05, 0) is 168 Å². The molecule has 1 aliphatic rings. The van der Waals surface area contributed by atoms with E-state index in [0.717, 1.165) is 28.3 Å². The van der Waals surface area contributed by atoms with E-state index in [2.05, 4.69) is 302 Å². The lowest BCUT2D eigenvalue weighted by Gasteiger charge is -2.26. The number of para-hydroxylation sites is 2. The molecule has 75 heavy (non-hydrogen) atoms. The molecule has 0 unspecified atom stereocenters. The standard InChI is InChI=1S/C73H52N2/c1-73(2)69-22-8-5-19-65(69)66-44-37-60(48-70(66)73)54-35-42-63(43-36-54)74(62-40-33-53(34-41-62)58-17-12-18-64(47-58)75-71-23-9-6-20-67(71)68-21-7-10-24-72(68)75)61-38-31-51(32-39-61)50-25-27-52(28-26-50)56-15-11-16-57(45-56)59-30-29-49-13-3-4-14-55(49)46-59/h3-48H,1-2H3. The monoisotopic (exact) mass is 956 g/mol. The second kappa shape index (κ2) is 17.9. The van der Waals surface area contributed by atoms with Gasteiger partial charge in [0, 0.05) is 38.9 Å². The molecule has 1 aliphatic carbocycles. The van der Waals surface area contributed by atoms with Crippen LogP contribution in [0.15, 0.2) is 279 Å². The van der Waals surface area contributed by atoms with E-state index in [1.165, 1.54) is 105 Å². The molecule has 2 heteroatoms. The highest BCUT2D eigenvalue weighted by atomic mass is 15.1. The zero-order valence-corrected chi connectivity index (χ0v) is 42.0. The van der Waals surface area contributed by atoms with Gasteiger partial charge in [-0.15, -0.1) is 0 Å². The van der Waals surface area contributed by atoms with Crippen LogP contribution in [0.3, 0.4) is 0 Å². The molecule has 0 spiro atoms. The Bertz CT molecular complexity index is 4240. The Labute approximate surface area is 438 Å². The van der Waals surface area contributed by atoms with Crippen LogP contribution < -0.4 is 4.90 Å². The first-order valence-corrected chi connectivity index (χ1v) is 26.1. The maximum absolute atomic E-state index is 2.41. The summed E-state index contributed by atoms with van der Waals surface area (Å²) in [5.74, 6) is 0. The summed E-state index contributed by atoms with van der Waals surface area (Å²) in [6, 6.07) is 103. The third-order valence-corrected chi connectivity index (χ3v) is 15.8. The maximum Gasteiger partial charge on any atom is 0.0541 e. The van der Waals surface area contributed by atoms with Crippen molar-refractivity contribution in [3.05, 3.63) is 290 Å². The van der Waals surface area contributed by atoms with Crippen LogP contribution in [0.25, 0.3) is 105 Å². The van der Waals surface area contributed by atoms with Gasteiger partial charge in [0.15, 0.2) is 0 Å². The van der Waals surface area contributed by atoms with Crippen LogP contribution in [0.2, 0.25) is 0 Å². The van der Waals surface area contributed by atoms with E-state index in [9.17, 15) is 0 Å². The summed E-state index contributed by atoms with van der Waals surface area (Å²) >= 11 is 0. The van der Waals surface area contributed by atoms with Crippen molar-refractivity contribution in [2.24, 2.45) is 0 Å². The second-order valence-electron chi connectivity index (χ2n) is 20.5. The molecule has 0 saturated carbocycles. The minimum atomic E-state index is -0.0593. The summed E-state index contributed by atoms with van der Waals surface area (Å²) in [5, 5.41) is 5.04. The number of rotatable bonds is 9. The zero-order chi connectivity index (χ0) is 50.0. The molecule has 0 radical (unpaired) electrons. The molecule has 1 heterocycles. The van der Waals surface area contributed by atoms with E-state index in [1.807, 2.05) is 0 Å². The van der Waals surface area contributed by atoms with Crippen molar-refractivity contribution in [1.29, 1.82) is 0 Å². The predicted molar refractivity (Wildman–Crippen MR) is 318 cm³/mol. The van der Waals surface area contributed by atoms with Crippen LogP contribution >= 0.6 is 0 Å². The molecule has 0 aliphatic heterocycles. The molecule has 2 nitrogen and oxygen atoms in total. The van der Waals surface area contributed by atoms with Crippen molar-refractivity contribution in [1.82, 2.24) is 4.57 Å². The molecule has 0 fully saturated rings. The van der Waals surface area contributed by atoms with Gasteiger partial charge in [-0.25, -0.2) is 0 Å². The Hall–Kier alpha value is -9.50. The zero-order valence-electron chi connectivity index (χ0n) is 42.0. The number of nitrogens with zero attached hydrogens (tertiary/aromatic N) is 2. The van der Waals surface area contributed by atoms with Gasteiger partial charge >= 0.3 is 0 Å². The van der Waals surface area contributed by atoms with Gasteiger partial charge in [-0.2, -0.15) is 0 Å². The van der Waals surface area contributed by atoms with E-state index in [0.29, 0.717) is 0 Å². The van der Waals surface area contributed by atoms with Gasteiger partial charge in [-0.3, -0.25) is 0 Å². The highest BCUT2D eigenvalue weighted by Crippen LogP contribution is 2.50.